The van der Waals surface area contributed by atoms with Crippen molar-refractivity contribution in [2.45, 2.75) is 13.3 Å². The van der Waals surface area contributed by atoms with Crippen molar-refractivity contribution < 1.29 is 23.9 Å². The Bertz CT molecular complexity index is 1110. The van der Waals surface area contributed by atoms with Crippen LogP contribution in [-0.2, 0) is 19.1 Å². The Hall–Kier alpha value is -4.21. The molecule has 0 atom stereocenters. The van der Waals surface area contributed by atoms with Crippen LogP contribution >= 0.6 is 0 Å². The van der Waals surface area contributed by atoms with Gasteiger partial charge in [-0.05, 0) is 30.3 Å². The quantitative estimate of drug-likeness (QED) is 0.407. The molecule has 0 unspecified atom stereocenters. The molecule has 0 aliphatic rings. The van der Waals surface area contributed by atoms with E-state index in [0.29, 0.717) is 16.8 Å². The zero-order valence-corrected chi connectivity index (χ0v) is 16.7. The third-order valence-corrected chi connectivity index (χ3v) is 4.15. The van der Waals surface area contributed by atoms with Gasteiger partial charge in [-0.2, -0.15) is 5.10 Å². The van der Waals surface area contributed by atoms with Gasteiger partial charge in [0.15, 0.2) is 12.3 Å². The number of aromatic nitrogens is 2. The van der Waals surface area contributed by atoms with Crippen LogP contribution in [0.1, 0.15) is 23.8 Å². The number of amides is 3. The minimum Gasteiger partial charge on any atom is -0.456 e. The highest BCUT2D eigenvalue weighted by Gasteiger charge is 2.14. The van der Waals surface area contributed by atoms with Crippen molar-refractivity contribution in [1.29, 1.82) is 0 Å². The summed E-state index contributed by atoms with van der Waals surface area (Å²) in [6.07, 6.45) is -0.0905. The average molecular weight is 423 g/mol. The van der Waals surface area contributed by atoms with E-state index in [9.17, 15) is 19.2 Å². The van der Waals surface area contributed by atoms with Crippen LogP contribution in [0.4, 0.5) is 11.4 Å². The van der Waals surface area contributed by atoms with Gasteiger partial charge in [0.2, 0.25) is 5.91 Å². The molecule has 0 saturated carbocycles. The van der Waals surface area contributed by atoms with Crippen molar-refractivity contribution >= 4 is 46.0 Å². The van der Waals surface area contributed by atoms with Gasteiger partial charge in [-0.1, -0.05) is 18.2 Å². The Labute approximate surface area is 177 Å². The lowest BCUT2D eigenvalue weighted by Gasteiger charge is -2.08. The number of aromatic amines is 1. The molecule has 4 N–H and O–H groups in total. The van der Waals surface area contributed by atoms with Gasteiger partial charge < -0.3 is 20.7 Å². The average Bonchev–Trinajstić information content (AvgIpc) is 3.17. The van der Waals surface area contributed by atoms with Crippen molar-refractivity contribution in [3.63, 3.8) is 0 Å². The summed E-state index contributed by atoms with van der Waals surface area (Å²) in [6, 6.07) is 13.7. The summed E-state index contributed by atoms with van der Waals surface area (Å²) >= 11 is 0. The number of esters is 1. The minimum atomic E-state index is -0.622. The third kappa shape index (κ3) is 6.13. The number of ether oxygens (including phenoxy) is 1. The number of hydrogen-bond donors (Lipinski definition) is 4. The number of fused-ring (bicyclic) bond motifs is 1. The number of anilines is 2. The normalized spacial score (nSPS) is 10.4. The summed E-state index contributed by atoms with van der Waals surface area (Å²) in [6.45, 7) is 0.990. The zero-order valence-electron chi connectivity index (χ0n) is 16.7. The highest BCUT2D eigenvalue weighted by atomic mass is 16.5. The van der Waals surface area contributed by atoms with E-state index in [1.807, 2.05) is 6.07 Å². The van der Waals surface area contributed by atoms with Gasteiger partial charge in [-0.15, -0.1) is 0 Å². The van der Waals surface area contributed by atoms with E-state index >= 15 is 0 Å². The molecule has 10 heteroatoms. The number of carbonyl (C=O) groups is 4. The number of nitrogens with zero attached hydrogens (tertiary/aromatic N) is 1. The van der Waals surface area contributed by atoms with E-state index in [-0.39, 0.29) is 24.6 Å². The molecule has 3 amide bonds. The SMILES string of the molecule is CC(=O)Nc1ccc(NC(=O)COC(=O)CCNC(=O)c2n[nH]c3ccccc23)cc1. The van der Waals surface area contributed by atoms with Gasteiger partial charge in [-0.25, -0.2) is 0 Å². The molecule has 10 nitrogen and oxygen atoms in total. The van der Waals surface area contributed by atoms with E-state index in [1.54, 1.807) is 42.5 Å². The molecule has 0 aliphatic carbocycles. The van der Waals surface area contributed by atoms with Crippen LogP contribution in [0.25, 0.3) is 10.9 Å². The Morgan fingerprint density at radius 1 is 0.968 bits per heavy atom. The lowest BCUT2D eigenvalue weighted by atomic mass is 10.2. The second-order valence-electron chi connectivity index (χ2n) is 6.59. The maximum Gasteiger partial charge on any atom is 0.308 e. The van der Waals surface area contributed by atoms with Gasteiger partial charge >= 0.3 is 5.97 Å². The molecule has 0 fully saturated rings. The van der Waals surface area contributed by atoms with Crippen molar-refractivity contribution in [3.8, 4) is 0 Å². The summed E-state index contributed by atoms with van der Waals surface area (Å²) in [4.78, 5) is 46.9. The summed E-state index contributed by atoms with van der Waals surface area (Å²) in [7, 11) is 0. The molecule has 31 heavy (non-hydrogen) atoms. The second kappa shape index (κ2) is 10.0. The maximum atomic E-state index is 12.2. The Kier molecular flexibility index (Phi) is 6.94. The second-order valence-corrected chi connectivity index (χ2v) is 6.59. The van der Waals surface area contributed by atoms with Crippen LogP contribution in [0, 0.1) is 0 Å². The van der Waals surface area contributed by atoms with Crippen molar-refractivity contribution in [2.24, 2.45) is 0 Å². The van der Waals surface area contributed by atoms with Crippen molar-refractivity contribution in [3.05, 3.63) is 54.2 Å². The number of carbonyl (C=O) groups excluding carboxylic acids is 4. The van der Waals surface area contributed by atoms with Crippen LogP contribution in [0.15, 0.2) is 48.5 Å². The monoisotopic (exact) mass is 423 g/mol. The van der Waals surface area contributed by atoms with Gasteiger partial charge in [0.05, 0.1) is 11.9 Å². The first-order valence-electron chi connectivity index (χ1n) is 9.47. The predicted molar refractivity (Wildman–Crippen MR) is 113 cm³/mol. The van der Waals surface area contributed by atoms with Crippen molar-refractivity contribution in [1.82, 2.24) is 15.5 Å². The van der Waals surface area contributed by atoms with Crippen LogP contribution in [0.5, 0.6) is 0 Å². The molecule has 0 aliphatic heterocycles. The number of rotatable bonds is 8. The molecule has 0 saturated heterocycles. The molecule has 1 aromatic heterocycles. The summed E-state index contributed by atoms with van der Waals surface area (Å²) in [5.74, 6) is -1.74. The number of H-pyrrole nitrogens is 1. The number of benzene rings is 2. The van der Waals surface area contributed by atoms with Gasteiger partial charge in [0.1, 0.15) is 0 Å². The smallest absolute Gasteiger partial charge is 0.308 e. The molecule has 0 radical (unpaired) electrons. The van der Waals surface area contributed by atoms with E-state index in [2.05, 4.69) is 26.1 Å². The first-order valence-corrected chi connectivity index (χ1v) is 9.47. The van der Waals surface area contributed by atoms with Gasteiger partial charge in [0.25, 0.3) is 11.8 Å². The summed E-state index contributed by atoms with van der Waals surface area (Å²) < 4.78 is 4.91. The van der Waals surface area contributed by atoms with Gasteiger partial charge in [0, 0.05) is 30.2 Å². The largest absolute Gasteiger partial charge is 0.456 e. The lowest BCUT2D eigenvalue weighted by molar-refractivity contribution is -0.147. The van der Waals surface area contributed by atoms with E-state index in [0.717, 1.165) is 5.52 Å². The van der Waals surface area contributed by atoms with Crippen LogP contribution in [-0.4, -0.2) is 47.0 Å². The topological polar surface area (TPSA) is 142 Å². The van der Waals surface area contributed by atoms with Crippen molar-refractivity contribution in [2.75, 3.05) is 23.8 Å². The number of hydrogen-bond acceptors (Lipinski definition) is 6. The predicted octanol–water partition coefficient (Wildman–Crippen LogP) is 1.82. The fourth-order valence-electron chi connectivity index (χ4n) is 2.75. The Balaban J connectivity index is 1.37. The first kappa shape index (κ1) is 21.5. The standard InChI is InChI=1S/C21H21N5O5/c1-13(27)23-14-6-8-15(9-7-14)24-18(28)12-31-19(29)10-11-22-21(30)20-16-4-2-3-5-17(16)25-26-20/h2-9H,10-12H2,1H3,(H,22,30)(H,23,27)(H,24,28)(H,25,26). The van der Waals surface area contributed by atoms with Crippen LogP contribution < -0.4 is 16.0 Å². The lowest BCUT2D eigenvalue weighted by Crippen LogP contribution is -2.28. The maximum absolute atomic E-state index is 12.2. The molecule has 2 aromatic carbocycles. The van der Waals surface area contributed by atoms with Crippen LogP contribution in [0.3, 0.4) is 0 Å². The molecule has 0 bridgehead atoms. The first-order chi connectivity index (χ1) is 14.9. The number of para-hydroxylation sites is 1. The third-order valence-electron chi connectivity index (χ3n) is 4.15. The highest BCUT2D eigenvalue weighted by molar-refractivity contribution is 6.04. The molecule has 160 valence electrons. The molecule has 0 spiro atoms. The number of nitrogens with one attached hydrogen (secondary N) is 4. The van der Waals surface area contributed by atoms with Crippen LogP contribution in [0.2, 0.25) is 0 Å². The molecular formula is C21H21N5O5. The molecule has 3 rings (SSSR count). The molecule has 3 aromatic rings. The fourth-order valence-corrected chi connectivity index (χ4v) is 2.75. The zero-order chi connectivity index (χ0) is 22.2. The summed E-state index contributed by atoms with van der Waals surface area (Å²) in [5.41, 5.74) is 2.08. The van der Waals surface area contributed by atoms with E-state index < -0.39 is 24.4 Å². The summed E-state index contributed by atoms with van der Waals surface area (Å²) in [5, 5.41) is 15.2. The van der Waals surface area contributed by atoms with E-state index in [1.165, 1.54) is 6.92 Å². The minimum absolute atomic E-state index is 0.0467. The Morgan fingerprint density at radius 3 is 2.35 bits per heavy atom. The molecular weight excluding hydrogens is 402 g/mol. The van der Waals surface area contributed by atoms with Gasteiger partial charge in [-0.3, -0.25) is 24.3 Å². The molecule has 1 heterocycles. The van der Waals surface area contributed by atoms with E-state index in [4.69, 9.17) is 4.74 Å². The fraction of sp³-hybridized carbons (Fsp3) is 0.190. The highest BCUT2D eigenvalue weighted by Crippen LogP contribution is 2.15. The Morgan fingerprint density at radius 2 is 1.65 bits per heavy atom.